The number of nitrogens with one attached hydrogen (secondary N) is 2. The molecule has 0 aliphatic carbocycles. The van der Waals surface area contributed by atoms with Gasteiger partial charge < -0.3 is 4.42 Å². The molecule has 2 aromatic rings. The molecular formula is C15H16N2O3S. The average molecular weight is 304 g/mol. The zero-order valence-corrected chi connectivity index (χ0v) is 12.6. The van der Waals surface area contributed by atoms with Crippen molar-refractivity contribution in [3.63, 3.8) is 0 Å². The van der Waals surface area contributed by atoms with Crippen molar-refractivity contribution in [2.45, 2.75) is 24.0 Å². The lowest BCUT2D eigenvalue weighted by atomic mass is 10.2. The predicted octanol–water partition coefficient (Wildman–Crippen LogP) is 2.53. The Hall–Kier alpha value is -2.21. The highest BCUT2D eigenvalue weighted by molar-refractivity contribution is 8.00. The smallest absolute Gasteiger partial charge is 0.273 e. The molecule has 0 radical (unpaired) electrons. The lowest BCUT2D eigenvalue weighted by Crippen LogP contribution is -2.44. The van der Waals surface area contributed by atoms with E-state index >= 15 is 0 Å². The summed E-state index contributed by atoms with van der Waals surface area (Å²) in [6.07, 6.45) is 1.43. The van der Waals surface area contributed by atoms with E-state index in [9.17, 15) is 9.59 Å². The number of amides is 2. The summed E-state index contributed by atoms with van der Waals surface area (Å²) in [6, 6.07) is 11.2. The molecule has 2 rings (SSSR count). The molecule has 6 heteroatoms. The Morgan fingerprint density at radius 1 is 1.14 bits per heavy atom. The second-order valence-electron chi connectivity index (χ2n) is 4.41. The van der Waals surface area contributed by atoms with Gasteiger partial charge in [-0.2, -0.15) is 0 Å². The third-order valence-corrected chi connectivity index (χ3v) is 3.94. The summed E-state index contributed by atoms with van der Waals surface area (Å²) in [6.45, 7) is 3.47. The Labute approximate surface area is 127 Å². The molecule has 0 fully saturated rings. The minimum atomic E-state index is -0.397. The molecule has 1 aromatic heterocycles. The van der Waals surface area contributed by atoms with Gasteiger partial charge >= 0.3 is 0 Å². The van der Waals surface area contributed by atoms with Crippen LogP contribution in [0.2, 0.25) is 0 Å². The molecule has 2 N–H and O–H groups in total. The fraction of sp³-hybridized carbons (Fsp3) is 0.200. The van der Waals surface area contributed by atoms with Crippen LogP contribution in [0.15, 0.2) is 52.0 Å². The number of hydrazine groups is 1. The third kappa shape index (κ3) is 4.13. The maximum absolute atomic E-state index is 11.9. The first-order valence-electron chi connectivity index (χ1n) is 6.44. The third-order valence-electron chi connectivity index (χ3n) is 2.83. The van der Waals surface area contributed by atoms with Gasteiger partial charge in [0.1, 0.15) is 5.76 Å². The maximum Gasteiger partial charge on any atom is 0.273 e. The molecular weight excluding hydrogens is 288 g/mol. The largest absolute Gasteiger partial charge is 0.469 e. The van der Waals surface area contributed by atoms with Crippen LogP contribution in [0.1, 0.15) is 23.0 Å². The summed E-state index contributed by atoms with van der Waals surface area (Å²) in [5, 5.41) is -0.321. The van der Waals surface area contributed by atoms with Crippen LogP contribution >= 0.6 is 11.8 Å². The number of rotatable bonds is 4. The fourth-order valence-corrected chi connectivity index (χ4v) is 2.55. The van der Waals surface area contributed by atoms with Crippen molar-refractivity contribution in [1.82, 2.24) is 10.9 Å². The van der Waals surface area contributed by atoms with E-state index in [1.807, 2.05) is 30.3 Å². The van der Waals surface area contributed by atoms with Gasteiger partial charge in [-0.05, 0) is 32.0 Å². The van der Waals surface area contributed by atoms with Gasteiger partial charge in [0.05, 0.1) is 17.1 Å². The van der Waals surface area contributed by atoms with Gasteiger partial charge in [0.25, 0.3) is 11.8 Å². The van der Waals surface area contributed by atoms with Crippen LogP contribution in [0, 0.1) is 6.92 Å². The highest BCUT2D eigenvalue weighted by Gasteiger charge is 2.16. The normalized spacial score (nSPS) is 11.7. The van der Waals surface area contributed by atoms with E-state index in [1.54, 1.807) is 19.9 Å². The molecule has 1 atom stereocenters. The summed E-state index contributed by atoms with van der Waals surface area (Å²) in [5.41, 5.74) is 5.20. The summed E-state index contributed by atoms with van der Waals surface area (Å²) in [7, 11) is 0. The van der Waals surface area contributed by atoms with Gasteiger partial charge in [-0.1, -0.05) is 18.2 Å². The first-order chi connectivity index (χ1) is 10.1. The molecule has 1 unspecified atom stereocenters. The van der Waals surface area contributed by atoms with Crippen molar-refractivity contribution in [1.29, 1.82) is 0 Å². The van der Waals surface area contributed by atoms with Gasteiger partial charge in [0.2, 0.25) is 0 Å². The number of carbonyl (C=O) groups excluding carboxylic acids is 2. The number of hydrogen-bond donors (Lipinski definition) is 2. The lowest BCUT2D eigenvalue weighted by Gasteiger charge is -2.12. The van der Waals surface area contributed by atoms with Gasteiger partial charge in [-0.15, -0.1) is 11.8 Å². The van der Waals surface area contributed by atoms with Crippen LogP contribution in [-0.4, -0.2) is 17.1 Å². The molecule has 0 aliphatic heterocycles. The molecule has 0 saturated carbocycles. The molecule has 0 saturated heterocycles. The van der Waals surface area contributed by atoms with Crippen molar-refractivity contribution in [3.8, 4) is 0 Å². The molecule has 2 amide bonds. The van der Waals surface area contributed by atoms with E-state index in [2.05, 4.69) is 10.9 Å². The van der Waals surface area contributed by atoms with E-state index in [0.717, 1.165) is 4.90 Å². The Morgan fingerprint density at radius 3 is 2.48 bits per heavy atom. The van der Waals surface area contributed by atoms with Crippen LogP contribution in [-0.2, 0) is 4.79 Å². The van der Waals surface area contributed by atoms with E-state index in [1.165, 1.54) is 18.0 Å². The van der Waals surface area contributed by atoms with Gasteiger partial charge in [-0.3, -0.25) is 20.4 Å². The molecule has 21 heavy (non-hydrogen) atoms. The number of hydrogen-bond acceptors (Lipinski definition) is 4. The monoisotopic (exact) mass is 304 g/mol. The Balaban J connectivity index is 1.84. The van der Waals surface area contributed by atoms with E-state index in [4.69, 9.17) is 4.42 Å². The van der Waals surface area contributed by atoms with E-state index < -0.39 is 5.91 Å². The highest BCUT2D eigenvalue weighted by Crippen LogP contribution is 2.22. The van der Waals surface area contributed by atoms with Crippen LogP contribution in [0.3, 0.4) is 0 Å². The second kappa shape index (κ2) is 6.99. The minimum absolute atomic E-state index is 0.265. The SMILES string of the molecule is Cc1occc1C(=O)NNC(=O)C(C)Sc1ccccc1. The van der Waals surface area contributed by atoms with Crippen LogP contribution in [0.4, 0.5) is 0 Å². The minimum Gasteiger partial charge on any atom is -0.469 e. The topological polar surface area (TPSA) is 71.3 Å². The Morgan fingerprint density at radius 2 is 1.86 bits per heavy atom. The van der Waals surface area contributed by atoms with Crippen molar-refractivity contribution in [2.24, 2.45) is 0 Å². The molecule has 0 bridgehead atoms. The maximum atomic E-state index is 11.9. The molecule has 0 spiro atoms. The molecule has 5 nitrogen and oxygen atoms in total. The first kappa shape index (κ1) is 15.2. The molecule has 1 aromatic carbocycles. The number of thioether (sulfide) groups is 1. The number of benzene rings is 1. The van der Waals surface area contributed by atoms with Crippen LogP contribution < -0.4 is 10.9 Å². The molecule has 1 heterocycles. The fourth-order valence-electron chi connectivity index (χ4n) is 1.66. The van der Waals surface area contributed by atoms with Crippen molar-refractivity contribution in [2.75, 3.05) is 0 Å². The second-order valence-corrected chi connectivity index (χ2v) is 5.82. The van der Waals surface area contributed by atoms with Gasteiger partial charge in [-0.25, -0.2) is 0 Å². The van der Waals surface area contributed by atoms with Crippen LogP contribution in [0.5, 0.6) is 0 Å². The summed E-state index contributed by atoms with van der Waals surface area (Å²) >= 11 is 1.42. The van der Waals surface area contributed by atoms with E-state index in [-0.39, 0.29) is 11.2 Å². The Bertz CT molecular complexity index is 625. The van der Waals surface area contributed by atoms with E-state index in [0.29, 0.717) is 11.3 Å². The number of furan rings is 1. The summed E-state index contributed by atoms with van der Waals surface area (Å²) < 4.78 is 5.04. The average Bonchev–Trinajstić information content (AvgIpc) is 2.91. The quantitative estimate of drug-likeness (QED) is 0.672. The van der Waals surface area contributed by atoms with Gasteiger partial charge in [0.15, 0.2) is 0 Å². The standard InChI is InChI=1S/C15H16N2O3S/c1-10-13(8-9-20-10)15(19)17-16-14(18)11(2)21-12-6-4-3-5-7-12/h3-9,11H,1-2H3,(H,16,18)(H,17,19). The van der Waals surface area contributed by atoms with Crippen molar-refractivity contribution >= 4 is 23.6 Å². The lowest BCUT2D eigenvalue weighted by molar-refractivity contribution is -0.121. The molecule has 0 aliphatic rings. The number of carbonyl (C=O) groups is 2. The van der Waals surface area contributed by atoms with Crippen LogP contribution in [0.25, 0.3) is 0 Å². The van der Waals surface area contributed by atoms with Crippen molar-refractivity contribution < 1.29 is 14.0 Å². The summed E-state index contributed by atoms with van der Waals surface area (Å²) in [4.78, 5) is 24.8. The van der Waals surface area contributed by atoms with Crippen molar-refractivity contribution in [3.05, 3.63) is 54.0 Å². The van der Waals surface area contributed by atoms with Gasteiger partial charge in [0, 0.05) is 4.90 Å². The molecule has 110 valence electrons. The summed E-state index contributed by atoms with van der Waals surface area (Å²) in [5.74, 6) is -0.154. The highest BCUT2D eigenvalue weighted by atomic mass is 32.2. The zero-order chi connectivity index (χ0) is 15.2. The predicted molar refractivity (Wildman–Crippen MR) is 80.8 cm³/mol. The first-order valence-corrected chi connectivity index (χ1v) is 7.32. The number of aryl methyl sites for hydroxylation is 1. The zero-order valence-electron chi connectivity index (χ0n) is 11.8. The Kier molecular flexibility index (Phi) is 5.05.